The topological polar surface area (TPSA) is 54.3 Å². The number of nitrogens with one attached hydrogen (secondary N) is 1. The first kappa shape index (κ1) is 17.2. The number of halogens is 1. The standard InChI is InChI=1S/C15H25BrN2O2/c1-10(2)18-9-11(16)8-12(18)14(20)17-13(6-7-19)15(3,4)5/h8-10,13,19H,6-7H2,1-5H3,(H,17,20). The van der Waals surface area contributed by atoms with E-state index < -0.39 is 0 Å². The van der Waals surface area contributed by atoms with E-state index in [1.165, 1.54) is 0 Å². The lowest BCUT2D eigenvalue weighted by Crippen LogP contribution is -2.44. The van der Waals surface area contributed by atoms with Gasteiger partial charge in [0, 0.05) is 29.4 Å². The van der Waals surface area contributed by atoms with Crippen molar-refractivity contribution in [3.63, 3.8) is 0 Å². The fourth-order valence-corrected chi connectivity index (χ4v) is 2.58. The summed E-state index contributed by atoms with van der Waals surface area (Å²) in [7, 11) is 0. The van der Waals surface area contributed by atoms with E-state index in [0.717, 1.165) is 4.47 Å². The number of aliphatic hydroxyl groups excluding tert-OH is 1. The molecule has 0 aromatic carbocycles. The SMILES string of the molecule is CC(C)n1cc(Br)cc1C(=O)NC(CCO)C(C)(C)C. The number of rotatable bonds is 5. The summed E-state index contributed by atoms with van der Waals surface area (Å²) in [6.07, 6.45) is 2.47. The molecule has 0 fully saturated rings. The van der Waals surface area contributed by atoms with Crippen LogP contribution in [0.3, 0.4) is 0 Å². The van der Waals surface area contributed by atoms with Crippen LogP contribution in [0.5, 0.6) is 0 Å². The van der Waals surface area contributed by atoms with Crippen LogP contribution in [0.1, 0.15) is 57.6 Å². The van der Waals surface area contributed by atoms with Gasteiger partial charge in [-0.3, -0.25) is 4.79 Å². The maximum atomic E-state index is 12.5. The van der Waals surface area contributed by atoms with Crippen LogP contribution in [0, 0.1) is 5.41 Å². The van der Waals surface area contributed by atoms with Crippen LogP contribution in [0.15, 0.2) is 16.7 Å². The van der Waals surface area contributed by atoms with E-state index in [2.05, 4.69) is 42.0 Å². The maximum Gasteiger partial charge on any atom is 0.268 e. The van der Waals surface area contributed by atoms with Crippen molar-refractivity contribution in [1.82, 2.24) is 9.88 Å². The van der Waals surface area contributed by atoms with Gasteiger partial charge in [-0.25, -0.2) is 0 Å². The van der Waals surface area contributed by atoms with E-state index in [4.69, 9.17) is 5.11 Å². The predicted molar refractivity (Wildman–Crippen MR) is 84.9 cm³/mol. The first-order chi connectivity index (χ1) is 9.16. The van der Waals surface area contributed by atoms with Gasteiger partial charge in [0.05, 0.1) is 0 Å². The Bertz CT molecular complexity index is 461. The van der Waals surface area contributed by atoms with Gasteiger partial charge in [0.1, 0.15) is 5.69 Å². The van der Waals surface area contributed by atoms with Crippen molar-refractivity contribution in [2.45, 2.75) is 53.1 Å². The molecule has 1 amide bonds. The third-order valence-corrected chi connectivity index (χ3v) is 3.81. The fourth-order valence-electron chi connectivity index (χ4n) is 2.14. The van der Waals surface area contributed by atoms with Gasteiger partial charge in [-0.05, 0) is 47.7 Å². The van der Waals surface area contributed by atoms with Crippen LogP contribution < -0.4 is 5.32 Å². The third kappa shape index (κ3) is 4.35. The number of nitrogens with zero attached hydrogens (tertiary/aromatic N) is 1. The molecule has 0 aliphatic heterocycles. The Hall–Kier alpha value is -0.810. The van der Waals surface area contributed by atoms with E-state index >= 15 is 0 Å². The number of carbonyl (C=O) groups excluding carboxylic acids is 1. The second-order valence-electron chi connectivity index (χ2n) is 6.45. The molecule has 1 atom stereocenters. The lowest BCUT2D eigenvalue weighted by Gasteiger charge is -2.31. The molecule has 0 aliphatic rings. The summed E-state index contributed by atoms with van der Waals surface area (Å²) >= 11 is 3.42. The minimum atomic E-state index is -0.0993. The van der Waals surface area contributed by atoms with Crippen molar-refractivity contribution < 1.29 is 9.90 Å². The number of hydrogen-bond donors (Lipinski definition) is 2. The summed E-state index contributed by atoms with van der Waals surface area (Å²) in [6, 6.07) is 1.98. The second-order valence-corrected chi connectivity index (χ2v) is 7.36. The highest BCUT2D eigenvalue weighted by molar-refractivity contribution is 9.10. The fraction of sp³-hybridized carbons (Fsp3) is 0.667. The van der Waals surface area contributed by atoms with Gasteiger partial charge < -0.3 is 15.0 Å². The molecular formula is C15H25BrN2O2. The Morgan fingerprint density at radius 2 is 2.05 bits per heavy atom. The molecule has 0 saturated carbocycles. The van der Waals surface area contributed by atoms with E-state index in [-0.39, 0.29) is 30.0 Å². The minimum Gasteiger partial charge on any atom is -0.396 e. The first-order valence-corrected chi connectivity index (χ1v) is 7.75. The lowest BCUT2D eigenvalue weighted by molar-refractivity contribution is 0.0874. The predicted octanol–water partition coefficient (Wildman–Crippen LogP) is 3.36. The monoisotopic (exact) mass is 344 g/mol. The van der Waals surface area contributed by atoms with Crippen molar-refractivity contribution in [3.8, 4) is 0 Å². The molecule has 0 aliphatic carbocycles. The van der Waals surface area contributed by atoms with Gasteiger partial charge >= 0.3 is 0 Å². The van der Waals surface area contributed by atoms with Crippen LogP contribution >= 0.6 is 15.9 Å². The molecule has 0 spiro atoms. The number of hydrogen-bond acceptors (Lipinski definition) is 2. The summed E-state index contributed by atoms with van der Waals surface area (Å²) in [5, 5.41) is 12.2. The molecule has 0 saturated heterocycles. The van der Waals surface area contributed by atoms with Crippen LogP contribution in [0.25, 0.3) is 0 Å². The quantitative estimate of drug-likeness (QED) is 0.860. The molecule has 1 unspecified atom stereocenters. The molecule has 20 heavy (non-hydrogen) atoms. The van der Waals surface area contributed by atoms with Crippen molar-refractivity contribution >= 4 is 21.8 Å². The molecule has 0 radical (unpaired) electrons. The van der Waals surface area contributed by atoms with E-state index in [1.54, 1.807) is 0 Å². The van der Waals surface area contributed by atoms with Crippen molar-refractivity contribution in [3.05, 3.63) is 22.4 Å². The minimum absolute atomic E-state index is 0.0608. The number of amides is 1. The zero-order chi connectivity index (χ0) is 15.5. The smallest absolute Gasteiger partial charge is 0.268 e. The van der Waals surface area contributed by atoms with Crippen LogP contribution in [0.2, 0.25) is 0 Å². The molecule has 4 nitrogen and oxygen atoms in total. The van der Waals surface area contributed by atoms with E-state index in [0.29, 0.717) is 12.1 Å². The molecule has 5 heteroatoms. The average molecular weight is 345 g/mol. The Labute approximate surface area is 129 Å². The van der Waals surface area contributed by atoms with Gasteiger partial charge in [0.25, 0.3) is 5.91 Å². The van der Waals surface area contributed by atoms with Gasteiger partial charge in [-0.15, -0.1) is 0 Å². The summed E-state index contributed by atoms with van der Waals surface area (Å²) in [4.78, 5) is 12.5. The zero-order valence-corrected chi connectivity index (χ0v) is 14.5. The van der Waals surface area contributed by atoms with Crippen LogP contribution in [-0.4, -0.2) is 28.2 Å². The van der Waals surface area contributed by atoms with Crippen molar-refractivity contribution in [1.29, 1.82) is 0 Å². The second kappa shape index (κ2) is 6.76. The molecule has 1 aromatic rings. The normalized spacial score (nSPS) is 13.6. The summed E-state index contributed by atoms with van der Waals surface area (Å²) < 4.78 is 2.84. The van der Waals surface area contributed by atoms with Gasteiger partial charge in [-0.2, -0.15) is 0 Å². The third-order valence-electron chi connectivity index (χ3n) is 3.37. The molecule has 0 bridgehead atoms. The molecule has 1 rings (SSSR count). The molecule has 1 heterocycles. The van der Waals surface area contributed by atoms with Gasteiger partial charge in [0.15, 0.2) is 0 Å². The van der Waals surface area contributed by atoms with E-state index in [1.807, 2.05) is 30.7 Å². The number of carbonyl (C=O) groups is 1. The highest BCUT2D eigenvalue weighted by atomic mass is 79.9. The zero-order valence-electron chi connectivity index (χ0n) is 12.9. The van der Waals surface area contributed by atoms with E-state index in [9.17, 15) is 4.79 Å². The molecule has 1 aromatic heterocycles. The number of aromatic nitrogens is 1. The number of aliphatic hydroxyl groups is 1. The van der Waals surface area contributed by atoms with Gasteiger partial charge in [-0.1, -0.05) is 20.8 Å². The molecule has 114 valence electrons. The molecular weight excluding hydrogens is 320 g/mol. The highest BCUT2D eigenvalue weighted by Crippen LogP contribution is 2.24. The maximum absolute atomic E-state index is 12.5. The van der Waals surface area contributed by atoms with Crippen molar-refractivity contribution in [2.75, 3.05) is 6.61 Å². The van der Waals surface area contributed by atoms with Crippen LogP contribution in [0.4, 0.5) is 0 Å². The Morgan fingerprint density at radius 1 is 1.45 bits per heavy atom. The molecule has 2 N–H and O–H groups in total. The Balaban J connectivity index is 2.95. The summed E-state index contributed by atoms with van der Waals surface area (Å²) in [5.41, 5.74) is 0.546. The first-order valence-electron chi connectivity index (χ1n) is 6.96. The Morgan fingerprint density at radius 3 is 2.50 bits per heavy atom. The average Bonchev–Trinajstić information content (AvgIpc) is 2.69. The van der Waals surface area contributed by atoms with Crippen LogP contribution in [-0.2, 0) is 0 Å². The Kier molecular flexibility index (Phi) is 5.83. The lowest BCUT2D eigenvalue weighted by atomic mass is 9.85. The van der Waals surface area contributed by atoms with Gasteiger partial charge in [0.2, 0.25) is 0 Å². The summed E-state index contributed by atoms with van der Waals surface area (Å²) in [5.74, 6) is -0.0993. The highest BCUT2D eigenvalue weighted by Gasteiger charge is 2.27. The van der Waals surface area contributed by atoms with Crippen molar-refractivity contribution in [2.24, 2.45) is 5.41 Å². The largest absolute Gasteiger partial charge is 0.396 e. The summed E-state index contributed by atoms with van der Waals surface area (Å²) in [6.45, 7) is 10.3.